The Labute approximate surface area is 93.0 Å². The molecule has 0 spiro atoms. The molecule has 2 fully saturated rings. The van der Waals surface area contributed by atoms with Crippen LogP contribution in [0.15, 0.2) is 0 Å². The lowest BCUT2D eigenvalue weighted by Crippen LogP contribution is -2.37. The van der Waals surface area contributed by atoms with Crippen LogP contribution in [0.5, 0.6) is 0 Å². The van der Waals surface area contributed by atoms with Gasteiger partial charge in [0.1, 0.15) is 0 Å². The minimum absolute atomic E-state index is 0.192. The Balaban J connectivity index is 1.87. The molecule has 1 N–H and O–H groups in total. The lowest BCUT2D eigenvalue weighted by atomic mass is 9.77. The minimum atomic E-state index is -0.192. The molecule has 0 aromatic rings. The van der Waals surface area contributed by atoms with E-state index in [4.69, 9.17) is 4.74 Å². The number of rotatable bonds is 1. The van der Waals surface area contributed by atoms with Crippen LogP contribution in [0.4, 0.5) is 0 Å². The SMILES string of the molecule is OC1COCCC1C1CCCCCCC1. The van der Waals surface area contributed by atoms with Crippen LogP contribution >= 0.6 is 0 Å². The Morgan fingerprint density at radius 2 is 1.53 bits per heavy atom. The molecule has 2 unspecified atom stereocenters. The zero-order valence-electron chi connectivity index (χ0n) is 9.66. The highest BCUT2D eigenvalue weighted by Crippen LogP contribution is 2.33. The van der Waals surface area contributed by atoms with Gasteiger partial charge in [-0.15, -0.1) is 0 Å². The maximum Gasteiger partial charge on any atom is 0.0805 e. The van der Waals surface area contributed by atoms with Crippen LogP contribution in [0.3, 0.4) is 0 Å². The topological polar surface area (TPSA) is 29.5 Å². The molecule has 15 heavy (non-hydrogen) atoms. The van der Waals surface area contributed by atoms with E-state index in [-0.39, 0.29) is 6.10 Å². The highest BCUT2D eigenvalue weighted by atomic mass is 16.5. The molecule has 2 rings (SSSR count). The third-order valence-corrected chi connectivity index (χ3v) is 4.13. The molecular formula is C13H24O2. The summed E-state index contributed by atoms with van der Waals surface area (Å²) in [5.41, 5.74) is 0. The lowest BCUT2D eigenvalue weighted by molar-refractivity contribution is -0.0650. The Kier molecular flexibility index (Phi) is 4.45. The van der Waals surface area contributed by atoms with Gasteiger partial charge in [0.25, 0.3) is 0 Å². The van der Waals surface area contributed by atoms with Crippen molar-refractivity contribution in [2.45, 2.75) is 57.5 Å². The Morgan fingerprint density at radius 1 is 0.867 bits per heavy atom. The van der Waals surface area contributed by atoms with E-state index in [1.54, 1.807) is 0 Å². The zero-order chi connectivity index (χ0) is 10.5. The Morgan fingerprint density at radius 3 is 2.20 bits per heavy atom. The highest BCUT2D eigenvalue weighted by molar-refractivity contribution is 4.80. The van der Waals surface area contributed by atoms with Crippen molar-refractivity contribution in [3.05, 3.63) is 0 Å². The molecule has 2 atom stereocenters. The summed E-state index contributed by atoms with van der Waals surface area (Å²) in [7, 11) is 0. The number of hydrogen-bond donors (Lipinski definition) is 1. The second-order valence-electron chi connectivity index (χ2n) is 5.20. The monoisotopic (exact) mass is 212 g/mol. The summed E-state index contributed by atoms with van der Waals surface area (Å²) < 4.78 is 5.31. The molecule has 1 aliphatic heterocycles. The average molecular weight is 212 g/mol. The second kappa shape index (κ2) is 5.86. The number of aliphatic hydroxyl groups is 1. The van der Waals surface area contributed by atoms with Crippen LogP contribution < -0.4 is 0 Å². The van der Waals surface area contributed by atoms with E-state index >= 15 is 0 Å². The molecule has 0 aromatic heterocycles. The van der Waals surface area contributed by atoms with Crippen molar-refractivity contribution in [3.63, 3.8) is 0 Å². The molecule has 2 aliphatic rings. The molecule has 88 valence electrons. The summed E-state index contributed by atoms with van der Waals surface area (Å²) in [5.74, 6) is 1.29. The largest absolute Gasteiger partial charge is 0.390 e. The molecule has 0 radical (unpaired) electrons. The third kappa shape index (κ3) is 3.18. The van der Waals surface area contributed by atoms with Crippen molar-refractivity contribution in [2.24, 2.45) is 11.8 Å². The van der Waals surface area contributed by atoms with E-state index in [2.05, 4.69) is 0 Å². The van der Waals surface area contributed by atoms with Gasteiger partial charge in [0.15, 0.2) is 0 Å². The molecule has 0 aromatic carbocycles. The standard InChI is InChI=1S/C13H24O2/c14-13-10-15-9-8-12(13)11-6-4-2-1-3-5-7-11/h11-14H,1-10H2. The van der Waals surface area contributed by atoms with Crippen molar-refractivity contribution in [3.8, 4) is 0 Å². The normalized spacial score (nSPS) is 35.8. The van der Waals surface area contributed by atoms with Gasteiger partial charge < -0.3 is 9.84 Å². The molecule has 2 nitrogen and oxygen atoms in total. The highest BCUT2D eigenvalue weighted by Gasteiger charge is 2.30. The minimum Gasteiger partial charge on any atom is -0.390 e. The molecule has 1 aliphatic carbocycles. The first kappa shape index (κ1) is 11.4. The van der Waals surface area contributed by atoms with Crippen molar-refractivity contribution in [1.82, 2.24) is 0 Å². The summed E-state index contributed by atoms with van der Waals surface area (Å²) in [4.78, 5) is 0. The first-order valence-electron chi connectivity index (χ1n) is 6.64. The fourth-order valence-corrected chi connectivity index (χ4v) is 3.21. The van der Waals surface area contributed by atoms with Crippen molar-refractivity contribution >= 4 is 0 Å². The maximum absolute atomic E-state index is 9.96. The van der Waals surface area contributed by atoms with Gasteiger partial charge in [-0.1, -0.05) is 44.9 Å². The van der Waals surface area contributed by atoms with Gasteiger partial charge in [0, 0.05) is 6.61 Å². The predicted octanol–water partition coefficient (Wildman–Crippen LogP) is 2.74. The number of hydrogen-bond acceptors (Lipinski definition) is 2. The molecule has 1 saturated heterocycles. The summed E-state index contributed by atoms with van der Waals surface area (Å²) in [5, 5.41) is 9.96. The number of ether oxygens (including phenoxy) is 1. The predicted molar refractivity (Wildman–Crippen MR) is 60.7 cm³/mol. The van der Waals surface area contributed by atoms with Gasteiger partial charge in [-0.3, -0.25) is 0 Å². The summed E-state index contributed by atoms with van der Waals surface area (Å²) in [6.07, 6.45) is 10.5. The molecule has 1 saturated carbocycles. The lowest BCUT2D eigenvalue weighted by Gasteiger charge is -2.35. The van der Waals surface area contributed by atoms with Crippen LogP contribution in [-0.4, -0.2) is 24.4 Å². The molecule has 1 heterocycles. The molecular weight excluding hydrogens is 188 g/mol. The van der Waals surface area contributed by atoms with Crippen LogP contribution in [0, 0.1) is 11.8 Å². The third-order valence-electron chi connectivity index (χ3n) is 4.13. The van der Waals surface area contributed by atoms with Gasteiger partial charge in [-0.2, -0.15) is 0 Å². The van der Waals surface area contributed by atoms with Gasteiger partial charge in [0.2, 0.25) is 0 Å². The summed E-state index contributed by atoms with van der Waals surface area (Å²) in [6, 6.07) is 0. The molecule has 2 heteroatoms. The van der Waals surface area contributed by atoms with Gasteiger partial charge in [-0.05, 0) is 18.3 Å². The Bertz CT molecular complexity index is 173. The second-order valence-corrected chi connectivity index (χ2v) is 5.20. The average Bonchev–Trinajstić information content (AvgIpc) is 2.19. The van der Waals surface area contributed by atoms with Crippen LogP contribution in [0.25, 0.3) is 0 Å². The van der Waals surface area contributed by atoms with Gasteiger partial charge in [0.05, 0.1) is 12.7 Å². The fraction of sp³-hybridized carbons (Fsp3) is 1.00. The van der Waals surface area contributed by atoms with Gasteiger partial charge >= 0.3 is 0 Å². The fourth-order valence-electron chi connectivity index (χ4n) is 3.21. The van der Waals surface area contributed by atoms with Crippen LogP contribution in [0.1, 0.15) is 51.4 Å². The number of aliphatic hydroxyl groups excluding tert-OH is 1. The maximum atomic E-state index is 9.96. The zero-order valence-corrected chi connectivity index (χ0v) is 9.66. The van der Waals surface area contributed by atoms with E-state index in [9.17, 15) is 5.11 Å². The smallest absolute Gasteiger partial charge is 0.0805 e. The summed E-state index contributed by atoms with van der Waals surface area (Å²) in [6.45, 7) is 1.43. The summed E-state index contributed by atoms with van der Waals surface area (Å²) >= 11 is 0. The van der Waals surface area contributed by atoms with Crippen molar-refractivity contribution in [2.75, 3.05) is 13.2 Å². The van der Waals surface area contributed by atoms with E-state index < -0.39 is 0 Å². The first-order valence-corrected chi connectivity index (χ1v) is 6.64. The van der Waals surface area contributed by atoms with Crippen molar-refractivity contribution < 1.29 is 9.84 Å². The van der Waals surface area contributed by atoms with Gasteiger partial charge in [-0.25, -0.2) is 0 Å². The first-order chi connectivity index (χ1) is 7.38. The van der Waals surface area contributed by atoms with Crippen LogP contribution in [-0.2, 0) is 4.74 Å². The van der Waals surface area contributed by atoms with E-state index in [0.29, 0.717) is 12.5 Å². The van der Waals surface area contributed by atoms with E-state index in [1.807, 2.05) is 0 Å². The molecule has 0 bridgehead atoms. The Hall–Kier alpha value is -0.0800. The quantitative estimate of drug-likeness (QED) is 0.724. The van der Waals surface area contributed by atoms with E-state index in [0.717, 1.165) is 18.9 Å². The van der Waals surface area contributed by atoms with Crippen LogP contribution in [0.2, 0.25) is 0 Å². The molecule has 0 amide bonds. The van der Waals surface area contributed by atoms with Crippen molar-refractivity contribution in [1.29, 1.82) is 0 Å². The van der Waals surface area contributed by atoms with E-state index in [1.165, 1.54) is 44.9 Å².